The van der Waals surface area contributed by atoms with Crippen LogP contribution in [0.25, 0.3) is 0 Å². The third-order valence-corrected chi connectivity index (χ3v) is 7.21. The van der Waals surface area contributed by atoms with Crippen LogP contribution in [0.2, 0.25) is 0 Å². The molecule has 1 aromatic rings. The minimum absolute atomic E-state index is 0.0928. The molecule has 0 saturated carbocycles. The van der Waals surface area contributed by atoms with Crippen molar-refractivity contribution in [3.8, 4) is 0 Å². The maximum Gasteiger partial charge on any atom is 0.254 e. The van der Waals surface area contributed by atoms with Crippen molar-refractivity contribution in [2.75, 3.05) is 57.9 Å². The lowest BCUT2D eigenvalue weighted by molar-refractivity contribution is -0.137. The predicted molar refractivity (Wildman–Crippen MR) is 120 cm³/mol. The maximum atomic E-state index is 13.1. The summed E-state index contributed by atoms with van der Waals surface area (Å²) in [6.45, 7) is 5.62. The highest BCUT2D eigenvalue weighted by Crippen LogP contribution is 2.32. The zero-order chi connectivity index (χ0) is 21.6. The number of hydrogen-bond acceptors (Lipinski definition) is 5. The second kappa shape index (κ2) is 10.4. The number of rotatable bonds is 6. The molecule has 4 heterocycles. The predicted octanol–water partition coefficient (Wildman–Crippen LogP) is 2.81. The maximum absolute atomic E-state index is 13.1. The number of hydrogen-bond donors (Lipinski definition) is 0. The molecule has 3 fully saturated rings. The van der Waals surface area contributed by atoms with Gasteiger partial charge in [-0.25, -0.2) is 4.98 Å². The van der Waals surface area contributed by atoms with E-state index in [0.29, 0.717) is 25.0 Å². The van der Waals surface area contributed by atoms with Gasteiger partial charge in [-0.1, -0.05) is 6.42 Å². The second-order valence-electron chi connectivity index (χ2n) is 9.15. The highest BCUT2D eigenvalue weighted by atomic mass is 16.5. The number of nitrogens with zero attached hydrogens (tertiary/aromatic N) is 4. The van der Waals surface area contributed by atoms with Gasteiger partial charge in [-0.15, -0.1) is 0 Å². The summed E-state index contributed by atoms with van der Waals surface area (Å²) in [6.07, 6.45) is 9.11. The number of methoxy groups -OCH3 is 1. The standard InChI is InChI=1S/C24H36N4O3/c1-31-17-16-27-13-3-2-6-21(24(27)30)19-8-14-28(15-9-19)23(29)20-7-10-25-22(18-20)26-11-4-5-12-26/h7,10,18-19,21H,2-6,8-9,11-17H2,1H3/t21-/m1/s1. The van der Waals surface area contributed by atoms with E-state index in [4.69, 9.17) is 4.74 Å². The zero-order valence-electron chi connectivity index (χ0n) is 18.8. The molecule has 31 heavy (non-hydrogen) atoms. The first-order valence-electron chi connectivity index (χ1n) is 12.0. The zero-order valence-corrected chi connectivity index (χ0v) is 18.8. The number of carbonyl (C=O) groups is 2. The number of ether oxygens (including phenoxy) is 1. The minimum atomic E-state index is 0.0928. The first kappa shape index (κ1) is 22.1. The molecule has 7 nitrogen and oxygen atoms in total. The summed E-state index contributed by atoms with van der Waals surface area (Å²) in [5.74, 6) is 1.77. The average Bonchev–Trinajstić information content (AvgIpc) is 3.29. The summed E-state index contributed by atoms with van der Waals surface area (Å²) in [5, 5.41) is 0. The molecule has 0 radical (unpaired) electrons. The van der Waals surface area contributed by atoms with E-state index in [2.05, 4.69) is 9.88 Å². The SMILES string of the molecule is COCCN1CCCC[C@H](C2CCN(C(=O)c3ccnc(N4CCCC4)c3)CC2)C1=O. The fraction of sp³-hybridized carbons (Fsp3) is 0.708. The van der Waals surface area contributed by atoms with Crippen LogP contribution in [0.15, 0.2) is 18.3 Å². The van der Waals surface area contributed by atoms with Gasteiger partial charge in [-0.3, -0.25) is 9.59 Å². The molecule has 0 spiro atoms. The molecule has 2 amide bonds. The first-order chi connectivity index (χ1) is 15.2. The number of anilines is 1. The fourth-order valence-electron chi connectivity index (χ4n) is 5.35. The third kappa shape index (κ3) is 5.20. The van der Waals surface area contributed by atoms with Gasteiger partial charge in [0.1, 0.15) is 5.82 Å². The van der Waals surface area contributed by atoms with Crippen molar-refractivity contribution in [2.24, 2.45) is 11.8 Å². The molecule has 7 heteroatoms. The van der Waals surface area contributed by atoms with E-state index in [9.17, 15) is 9.59 Å². The number of carbonyl (C=O) groups excluding carboxylic acids is 2. The van der Waals surface area contributed by atoms with Crippen LogP contribution in [0.3, 0.4) is 0 Å². The van der Waals surface area contributed by atoms with Gasteiger partial charge >= 0.3 is 0 Å². The van der Waals surface area contributed by atoms with Gasteiger partial charge in [0.05, 0.1) is 6.61 Å². The van der Waals surface area contributed by atoms with E-state index in [1.54, 1.807) is 13.3 Å². The van der Waals surface area contributed by atoms with Crippen molar-refractivity contribution in [1.82, 2.24) is 14.8 Å². The summed E-state index contributed by atoms with van der Waals surface area (Å²) in [7, 11) is 1.68. The van der Waals surface area contributed by atoms with E-state index < -0.39 is 0 Å². The Morgan fingerprint density at radius 1 is 1.06 bits per heavy atom. The van der Waals surface area contributed by atoms with Crippen molar-refractivity contribution in [1.29, 1.82) is 0 Å². The van der Waals surface area contributed by atoms with Crippen molar-refractivity contribution in [2.45, 2.75) is 44.9 Å². The van der Waals surface area contributed by atoms with Crippen LogP contribution in [-0.2, 0) is 9.53 Å². The number of piperidine rings is 1. The van der Waals surface area contributed by atoms with Gasteiger partial charge in [-0.05, 0) is 56.6 Å². The number of pyridine rings is 1. The normalized spacial score (nSPS) is 23.3. The molecule has 3 aliphatic heterocycles. The van der Waals surface area contributed by atoms with Crippen LogP contribution in [0.1, 0.15) is 55.3 Å². The van der Waals surface area contributed by atoms with Gasteiger partial charge in [-0.2, -0.15) is 0 Å². The lowest BCUT2D eigenvalue weighted by atomic mass is 9.81. The summed E-state index contributed by atoms with van der Waals surface area (Å²) in [4.78, 5) is 36.9. The largest absolute Gasteiger partial charge is 0.383 e. The lowest BCUT2D eigenvalue weighted by Crippen LogP contribution is -2.44. The molecular weight excluding hydrogens is 392 g/mol. The Morgan fingerprint density at radius 3 is 2.55 bits per heavy atom. The molecule has 0 bridgehead atoms. The van der Waals surface area contributed by atoms with E-state index >= 15 is 0 Å². The monoisotopic (exact) mass is 428 g/mol. The van der Waals surface area contributed by atoms with E-state index in [1.807, 2.05) is 21.9 Å². The van der Waals surface area contributed by atoms with Gasteiger partial charge in [0.15, 0.2) is 0 Å². The van der Waals surface area contributed by atoms with Crippen molar-refractivity contribution < 1.29 is 14.3 Å². The Bertz CT molecular complexity index is 757. The molecule has 4 rings (SSSR count). The molecule has 1 aromatic heterocycles. The molecule has 0 N–H and O–H groups in total. The number of amides is 2. The molecule has 0 unspecified atom stereocenters. The topological polar surface area (TPSA) is 66.0 Å². The van der Waals surface area contributed by atoms with Crippen molar-refractivity contribution >= 4 is 17.6 Å². The molecule has 0 aliphatic carbocycles. The third-order valence-electron chi connectivity index (χ3n) is 7.21. The summed E-state index contributed by atoms with van der Waals surface area (Å²) in [6, 6.07) is 3.78. The fourth-order valence-corrected chi connectivity index (χ4v) is 5.35. The van der Waals surface area contributed by atoms with Gasteiger partial charge in [0.25, 0.3) is 5.91 Å². The smallest absolute Gasteiger partial charge is 0.254 e. The summed E-state index contributed by atoms with van der Waals surface area (Å²) < 4.78 is 5.19. The van der Waals surface area contributed by atoms with Gasteiger partial charge < -0.3 is 19.4 Å². The Labute approximate surface area is 185 Å². The molecule has 170 valence electrons. The number of likely N-dealkylation sites (tertiary alicyclic amines) is 2. The first-order valence-corrected chi connectivity index (χ1v) is 12.0. The van der Waals surface area contributed by atoms with Crippen LogP contribution in [0.4, 0.5) is 5.82 Å². The Hall–Kier alpha value is -2.15. The van der Waals surface area contributed by atoms with E-state index in [1.165, 1.54) is 12.8 Å². The molecule has 1 atom stereocenters. The Balaban J connectivity index is 1.35. The minimum Gasteiger partial charge on any atom is -0.383 e. The van der Waals surface area contributed by atoms with E-state index in [0.717, 1.165) is 76.2 Å². The quantitative estimate of drug-likeness (QED) is 0.697. The molecular formula is C24H36N4O3. The highest BCUT2D eigenvalue weighted by Gasteiger charge is 2.36. The summed E-state index contributed by atoms with van der Waals surface area (Å²) >= 11 is 0. The average molecular weight is 429 g/mol. The van der Waals surface area contributed by atoms with Crippen LogP contribution in [0.5, 0.6) is 0 Å². The summed E-state index contributed by atoms with van der Waals surface area (Å²) in [5.41, 5.74) is 0.728. The van der Waals surface area contributed by atoms with Gasteiger partial charge in [0, 0.05) is 64.1 Å². The van der Waals surface area contributed by atoms with Crippen LogP contribution in [0, 0.1) is 11.8 Å². The van der Waals surface area contributed by atoms with E-state index in [-0.39, 0.29) is 11.8 Å². The van der Waals surface area contributed by atoms with Gasteiger partial charge in [0.2, 0.25) is 5.91 Å². The van der Waals surface area contributed by atoms with Crippen LogP contribution >= 0.6 is 0 Å². The molecule has 3 saturated heterocycles. The van der Waals surface area contributed by atoms with Crippen LogP contribution < -0.4 is 4.90 Å². The molecule has 0 aromatic carbocycles. The van der Waals surface area contributed by atoms with Crippen molar-refractivity contribution in [3.05, 3.63) is 23.9 Å². The molecule has 3 aliphatic rings. The lowest BCUT2D eigenvalue weighted by Gasteiger charge is -2.36. The van der Waals surface area contributed by atoms with Crippen molar-refractivity contribution in [3.63, 3.8) is 0 Å². The highest BCUT2D eigenvalue weighted by molar-refractivity contribution is 5.95. The second-order valence-corrected chi connectivity index (χ2v) is 9.15. The number of aromatic nitrogens is 1. The Morgan fingerprint density at radius 2 is 1.81 bits per heavy atom. The van der Waals surface area contributed by atoms with Crippen LogP contribution in [-0.4, -0.2) is 79.6 Å². The Kier molecular flexibility index (Phi) is 7.43.